The first kappa shape index (κ1) is 16.6. The Hall–Kier alpha value is -1.45. The maximum atomic E-state index is 11.8. The molecule has 0 fully saturated rings. The predicted octanol–water partition coefficient (Wildman–Crippen LogP) is 0.211. The summed E-state index contributed by atoms with van der Waals surface area (Å²) >= 11 is 0.971. The predicted molar refractivity (Wildman–Crippen MR) is 73.3 cm³/mol. The number of carbonyl (C=O) groups is 2. The topological polar surface area (TPSA) is 116 Å². The Bertz CT molecular complexity index is 594. The fourth-order valence-corrected chi connectivity index (χ4v) is 3.22. The van der Waals surface area contributed by atoms with Crippen molar-refractivity contribution < 1.29 is 22.7 Å². The minimum absolute atomic E-state index is 0.0294. The van der Waals surface area contributed by atoms with E-state index in [0.717, 1.165) is 11.3 Å². The van der Waals surface area contributed by atoms with Crippen LogP contribution in [-0.2, 0) is 30.9 Å². The molecule has 20 heavy (non-hydrogen) atoms. The molecule has 0 radical (unpaired) electrons. The number of esters is 1. The Morgan fingerprint density at radius 3 is 2.55 bits per heavy atom. The molecule has 1 atom stereocenters. The molecule has 0 saturated heterocycles. The van der Waals surface area contributed by atoms with Crippen LogP contribution in [0.2, 0.25) is 0 Å². The molecule has 1 rings (SSSR count). The maximum Gasteiger partial charge on any atom is 0.318 e. The lowest BCUT2D eigenvalue weighted by molar-refractivity contribution is -0.150. The lowest BCUT2D eigenvalue weighted by Gasteiger charge is -2.12. The van der Waals surface area contributed by atoms with Gasteiger partial charge in [0.15, 0.2) is 0 Å². The molecule has 9 heteroatoms. The number of carbonyl (C=O) groups excluding carboxylic acids is 2. The molecule has 1 aromatic rings. The minimum Gasteiger partial charge on any atom is -0.468 e. The third-order valence-corrected chi connectivity index (χ3v) is 5.09. The van der Waals surface area contributed by atoms with Crippen LogP contribution in [0.25, 0.3) is 0 Å². The van der Waals surface area contributed by atoms with Gasteiger partial charge in [0.1, 0.15) is 10.1 Å². The first-order valence-corrected chi connectivity index (χ1v) is 8.13. The molecule has 0 aliphatic carbocycles. The Balaban J connectivity index is 2.65. The zero-order chi connectivity index (χ0) is 15.3. The van der Waals surface area contributed by atoms with E-state index in [2.05, 4.69) is 10.1 Å². The van der Waals surface area contributed by atoms with Crippen molar-refractivity contribution in [3.8, 4) is 0 Å². The molecular weight excluding hydrogens is 304 g/mol. The van der Waals surface area contributed by atoms with Crippen molar-refractivity contribution in [1.29, 1.82) is 0 Å². The molecule has 1 aromatic heterocycles. The summed E-state index contributed by atoms with van der Waals surface area (Å²) in [5, 5.41) is 7.55. The normalized spacial score (nSPS) is 12.8. The molecule has 1 heterocycles. The van der Waals surface area contributed by atoms with Gasteiger partial charge in [-0.3, -0.25) is 9.59 Å². The van der Waals surface area contributed by atoms with E-state index in [1.165, 1.54) is 13.2 Å². The van der Waals surface area contributed by atoms with Gasteiger partial charge in [0.25, 0.3) is 0 Å². The Labute approximate surface area is 121 Å². The number of rotatable bonds is 6. The van der Waals surface area contributed by atoms with Gasteiger partial charge in [-0.15, -0.1) is 11.3 Å². The number of hydrogen-bond donors (Lipinski definition) is 2. The van der Waals surface area contributed by atoms with Gasteiger partial charge in [-0.2, -0.15) is 0 Å². The van der Waals surface area contributed by atoms with E-state index in [1.807, 2.05) is 0 Å². The van der Waals surface area contributed by atoms with E-state index in [1.54, 1.807) is 13.0 Å². The summed E-state index contributed by atoms with van der Waals surface area (Å²) in [4.78, 5) is 23.8. The molecule has 0 aliphatic heterocycles. The van der Waals surface area contributed by atoms with Crippen LogP contribution in [-0.4, -0.2) is 27.4 Å². The van der Waals surface area contributed by atoms with Crippen LogP contribution in [0.15, 0.2) is 16.3 Å². The largest absolute Gasteiger partial charge is 0.468 e. The number of hydrogen-bond acceptors (Lipinski definition) is 6. The second-order valence-electron chi connectivity index (χ2n) is 3.97. The summed E-state index contributed by atoms with van der Waals surface area (Å²) in [5.74, 6) is -1.91. The number of methoxy groups -OCH3 is 1. The minimum atomic E-state index is -3.73. The summed E-state index contributed by atoms with van der Waals surface area (Å²) in [6.07, 6.45) is 0.325. The number of primary sulfonamides is 1. The average Bonchev–Trinajstić information content (AvgIpc) is 2.85. The fraction of sp³-hybridized carbons (Fsp3) is 0.455. The van der Waals surface area contributed by atoms with Crippen molar-refractivity contribution in [2.75, 3.05) is 7.11 Å². The van der Waals surface area contributed by atoms with Gasteiger partial charge < -0.3 is 10.1 Å². The molecule has 3 N–H and O–H groups in total. The third kappa shape index (κ3) is 4.29. The Morgan fingerprint density at radius 2 is 2.10 bits per heavy atom. The summed E-state index contributed by atoms with van der Waals surface area (Å²) in [6, 6.07) is 2.93. The average molecular weight is 320 g/mol. The molecule has 7 nitrogen and oxygen atoms in total. The Kier molecular flexibility index (Phi) is 5.66. The second kappa shape index (κ2) is 6.82. The van der Waals surface area contributed by atoms with Crippen LogP contribution in [0.5, 0.6) is 0 Å². The van der Waals surface area contributed by atoms with Gasteiger partial charge in [0, 0.05) is 4.88 Å². The van der Waals surface area contributed by atoms with Crippen molar-refractivity contribution in [2.24, 2.45) is 11.1 Å². The molecule has 0 saturated carbocycles. The number of amides is 1. The third-order valence-electron chi connectivity index (χ3n) is 2.56. The smallest absolute Gasteiger partial charge is 0.318 e. The zero-order valence-electron chi connectivity index (χ0n) is 11.1. The summed E-state index contributed by atoms with van der Waals surface area (Å²) in [5.41, 5.74) is 0. The van der Waals surface area contributed by atoms with E-state index in [9.17, 15) is 18.0 Å². The van der Waals surface area contributed by atoms with Crippen LogP contribution in [0, 0.1) is 5.92 Å². The van der Waals surface area contributed by atoms with Gasteiger partial charge in [0.05, 0.1) is 13.7 Å². The molecular formula is C11H16N2O5S2. The standard InChI is InChI=1S/C11H16N2O5S2/c1-3-8(11(15)18-2)10(14)13-6-7-4-5-9(19-7)20(12,16)17/h4-5,8H,3,6H2,1-2H3,(H,13,14)(H2,12,16,17)/t8-/m0/s1. The van der Waals surface area contributed by atoms with Crippen LogP contribution < -0.4 is 10.5 Å². The number of nitrogens with one attached hydrogen (secondary N) is 1. The van der Waals surface area contributed by atoms with E-state index >= 15 is 0 Å². The van der Waals surface area contributed by atoms with E-state index in [4.69, 9.17) is 5.14 Å². The number of thiophene rings is 1. The molecule has 0 unspecified atom stereocenters. The number of sulfonamides is 1. The van der Waals surface area contributed by atoms with E-state index < -0.39 is 27.8 Å². The van der Waals surface area contributed by atoms with Crippen molar-refractivity contribution >= 4 is 33.2 Å². The highest BCUT2D eigenvalue weighted by molar-refractivity contribution is 7.91. The van der Waals surface area contributed by atoms with Gasteiger partial charge in [0.2, 0.25) is 15.9 Å². The Morgan fingerprint density at radius 1 is 1.45 bits per heavy atom. The van der Waals surface area contributed by atoms with Crippen molar-refractivity contribution in [3.05, 3.63) is 17.0 Å². The van der Waals surface area contributed by atoms with Crippen LogP contribution >= 0.6 is 11.3 Å². The van der Waals surface area contributed by atoms with Crippen LogP contribution in [0.3, 0.4) is 0 Å². The second-order valence-corrected chi connectivity index (χ2v) is 6.92. The lowest BCUT2D eigenvalue weighted by Crippen LogP contribution is -2.35. The highest BCUT2D eigenvalue weighted by Crippen LogP contribution is 2.20. The first-order chi connectivity index (χ1) is 9.29. The van der Waals surface area contributed by atoms with Crippen molar-refractivity contribution in [3.63, 3.8) is 0 Å². The maximum absolute atomic E-state index is 11.8. The zero-order valence-corrected chi connectivity index (χ0v) is 12.7. The van der Waals surface area contributed by atoms with Gasteiger partial charge in [-0.25, -0.2) is 13.6 Å². The quantitative estimate of drug-likeness (QED) is 0.574. The molecule has 1 amide bonds. The van der Waals surface area contributed by atoms with Gasteiger partial charge in [-0.05, 0) is 18.6 Å². The van der Waals surface area contributed by atoms with Crippen LogP contribution in [0.4, 0.5) is 0 Å². The van der Waals surface area contributed by atoms with Crippen molar-refractivity contribution in [2.45, 2.75) is 24.1 Å². The summed E-state index contributed by atoms with van der Waals surface area (Å²) < 4.78 is 26.8. The SMILES string of the molecule is CC[C@@H](C(=O)NCc1ccc(S(N)(=O)=O)s1)C(=O)OC. The molecule has 0 bridgehead atoms. The summed E-state index contributed by atoms with van der Waals surface area (Å²) in [7, 11) is -2.51. The first-order valence-electron chi connectivity index (χ1n) is 5.76. The molecule has 0 aromatic carbocycles. The van der Waals surface area contributed by atoms with Crippen molar-refractivity contribution in [1.82, 2.24) is 5.32 Å². The monoisotopic (exact) mass is 320 g/mol. The van der Waals surface area contributed by atoms with Gasteiger partial charge >= 0.3 is 5.97 Å². The fourth-order valence-electron chi connectivity index (χ4n) is 1.50. The highest BCUT2D eigenvalue weighted by atomic mass is 32.2. The number of nitrogens with two attached hydrogens (primary N) is 1. The van der Waals surface area contributed by atoms with Crippen LogP contribution in [0.1, 0.15) is 18.2 Å². The lowest BCUT2D eigenvalue weighted by atomic mass is 10.1. The molecule has 0 spiro atoms. The summed E-state index contributed by atoms with van der Waals surface area (Å²) in [6.45, 7) is 1.83. The molecule has 112 valence electrons. The van der Waals surface area contributed by atoms with Gasteiger partial charge in [-0.1, -0.05) is 6.92 Å². The van der Waals surface area contributed by atoms with E-state index in [0.29, 0.717) is 11.3 Å². The van der Waals surface area contributed by atoms with E-state index in [-0.39, 0.29) is 10.8 Å². The molecule has 0 aliphatic rings. The number of ether oxygens (including phenoxy) is 1. The highest BCUT2D eigenvalue weighted by Gasteiger charge is 2.25.